The molecule has 10 nitrogen and oxygen atoms in total. The number of amides is 2. The van der Waals surface area contributed by atoms with Gasteiger partial charge in [0.15, 0.2) is 17.6 Å². The summed E-state index contributed by atoms with van der Waals surface area (Å²) in [4.78, 5) is 38.9. The first kappa shape index (κ1) is 36.5. The molecule has 2 heterocycles. The number of benzene rings is 5. The van der Waals surface area contributed by atoms with Gasteiger partial charge in [-0.25, -0.2) is 4.79 Å². The molecular formula is C42H34Cl2N4O6. The van der Waals surface area contributed by atoms with Crippen molar-refractivity contribution >= 4 is 46.7 Å². The van der Waals surface area contributed by atoms with Crippen LogP contribution in [0, 0.1) is 11.3 Å². The minimum Gasteiger partial charge on any atom is -0.485 e. The van der Waals surface area contributed by atoms with E-state index in [2.05, 4.69) is 22.0 Å². The number of anilines is 1. The van der Waals surface area contributed by atoms with Gasteiger partial charge in [-0.15, -0.1) is 0 Å². The Morgan fingerprint density at radius 2 is 1.59 bits per heavy atom. The van der Waals surface area contributed by atoms with E-state index in [-0.39, 0.29) is 30.9 Å². The fraction of sp³-hybridized carbons (Fsp3) is 0.190. The van der Waals surface area contributed by atoms with E-state index in [0.29, 0.717) is 51.3 Å². The summed E-state index contributed by atoms with van der Waals surface area (Å²) >= 11 is 12.0. The van der Waals surface area contributed by atoms with E-state index in [0.717, 1.165) is 33.4 Å². The third-order valence-electron chi connectivity index (χ3n) is 9.47. The minimum atomic E-state index is -0.878. The Kier molecular flexibility index (Phi) is 10.8. The standard InChI is InChI=1S/C42H34Cl2N4O6/c1-52-42(51)36(16-24-2-6-26(7-3-24)27-8-4-25(21-45)5-9-27)48-41(50)35-18-30-19-37-38(20-31(30)22-46-35)54-39(23-53-37)28-10-13-32(14-11-28)47-40(49)29-12-15-33(43)34(44)17-29/h2-15,17,19-20,35-36,39,46H,16,18,22-23H2,1H3,(H,47,49)(H,48,50). The molecule has 0 fully saturated rings. The lowest BCUT2D eigenvalue weighted by Gasteiger charge is -2.31. The van der Waals surface area contributed by atoms with Crippen molar-refractivity contribution in [2.75, 3.05) is 19.0 Å². The van der Waals surface area contributed by atoms with Crippen molar-refractivity contribution < 1.29 is 28.6 Å². The summed E-state index contributed by atoms with van der Waals surface area (Å²) in [5.41, 5.74) is 7.19. The largest absolute Gasteiger partial charge is 0.485 e. The van der Waals surface area contributed by atoms with Crippen LogP contribution in [-0.4, -0.2) is 43.6 Å². The normalized spacial score (nSPS) is 16.3. The van der Waals surface area contributed by atoms with Crippen LogP contribution in [0.2, 0.25) is 10.0 Å². The van der Waals surface area contributed by atoms with Gasteiger partial charge in [-0.05, 0) is 94.4 Å². The number of nitriles is 1. The molecule has 0 bridgehead atoms. The summed E-state index contributed by atoms with van der Waals surface area (Å²) in [6.45, 7) is 0.694. The lowest BCUT2D eigenvalue weighted by molar-refractivity contribution is -0.145. The number of fused-ring (bicyclic) bond motifs is 2. The number of carbonyl (C=O) groups is 3. The molecule has 3 N–H and O–H groups in total. The maximum absolute atomic E-state index is 13.5. The zero-order valence-electron chi connectivity index (χ0n) is 29.0. The predicted molar refractivity (Wildman–Crippen MR) is 205 cm³/mol. The van der Waals surface area contributed by atoms with Gasteiger partial charge in [0.2, 0.25) is 5.91 Å². The molecule has 54 heavy (non-hydrogen) atoms. The van der Waals surface area contributed by atoms with Gasteiger partial charge in [0, 0.05) is 24.2 Å². The number of carbonyl (C=O) groups excluding carboxylic acids is 3. The number of halogens is 2. The molecular weight excluding hydrogens is 727 g/mol. The number of ether oxygens (including phenoxy) is 3. The Labute approximate surface area is 322 Å². The highest BCUT2D eigenvalue weighted by Gasteiger charge is 2.31. The molecule has 5 aromatic carbocycles. The SMILES string of the molecule is COC(=O)C(Cc1ccc(-c2ccc(C#N)cc2)cc1)NC(=O)C1Cc2cc3c(cc2CN1)OC(c1ccc(NC(=O)c2ccc(Cl)c(Cl)c2)cc1)CO3. The lowest BCUT2D eigenvalue weighted by Crippen LogP contribution is -2.53. The molecule has 0 radical (unpaired) electrons. The van der Waals surface area contributed by atoms with E-state index in [4.69, 9.17) is 42.7 Å². The van der Waals surface area contributed by atoms with E-state index in [9.17, 15) is 14.4 Å². The second-order valence-corrected chi connectivity index (χ2v) is 13.8. The fourth-order valence-corrected chi connectivity index (χ4v) is 6.77. The van der Waals surface area contributed by atoms with E-state index < -0.39 is 18.1 Å². The van der Waals surface area contributed by atoms with Gasteiger partial charge in [0.05, 0.1) is 34.8 Å². The van der Waals surface area contributed by atoms with Crippen molar-refractivity contribution in [2.24, 2.45) is 0 Å². The summed E-state index contributed by atoms with van der Waals surface area (Å²) in [7, 11) is 1.30. The molecule has 2 aliphatic heterocycles. The van der Waals surface area contributed by atoms with Crippen LogP contribution >= 0.6 is 23.2 Å². The molecule has 2 amide bonds. The Morgan fingerprint density at radius 3 is 2.28 bits per heavy atom. The number of nitrogens with zero attached hydrogens (tertiary/aromatic N) is 1. The van der Waals surface area contributed by atoms with Crippen LogP contribution in [0.15, 0.2) is 103 Å². The van der Waals surface area contributed by atoms with Crippen LogP contribution < -0.4 is 25.4 Å². The Hall–Kier alpha value is -5.86. The smallest absolute Gasteiger partial charge is 0.328 e. The average molecular weight is 762 g/mol. The van der Waals surface area contributed by atoms with E-state index in [1.54, 1.807) is 36.4 Å². The van der Waals surface area contributed by atoms with Crippen molar-refractivity contribution in [1.29, 1.82) is 5.26 Å². The molecule has 0 aromatic heterocycles. The van der Waals surface area contributed by atoms with Gasteiger partial charge < -0.3 is 30.2 Å². The Morgan fingerprint density at radius 1 is 0.889 bits per heavy atom. The van der Waals surface area contributed by atoms with E-state index >= 15 is 0 Å². The van der Waals surface area contributed by atoms with Gasteiger partial charge in [-0.2, -0.15) is 5.26 Å². The number of rotatable bonds is 9. The molecule has 0 saturated heterocycles. The van der Waals surface area contributed by atoms with Crippen LogP contribution in [0.25, 0.3) is 11.1 Å². The van der Waals surface area contributed by atoms with Gasteiger partial charge in [0.25, 0.3) is 5.91 Å². The molecule has 5 aromatic rings. The van der Waals surface area contributed by atoms with Crippen molar-refractivity contribution in [3.8, 4) is 28.7 Å². The monoisotopic (exact) mass is 760 g/mol. The quantitative estimate of drug-likeness (QED) is 0.134. The molecule has 0 aliphatic carbocycles. The molecule has 2 aliphatic rings. The van der Waals surface area contributed by atoms with Gasteiger partial charge in [-0.1, -0.05) is 71.7 Å². The van der Waals surface area contributed by atoms with Crippen LogP contribution in [-0.2, 0) is 33.7 Å². The maximum atomic E-state index is 13.5. The summed E-state index contributed by atoms with van der Waals surface area (Å²) in [6.07, 6.45) is 0.280. The first-order chi connectivity index (χ1) is 26.2. The zero-order chi connectivity index (χ0) is 37.8. The molecule has 12 heteroatoms. The third-order valence-corrected chi connectivity index (χ3v) is 10.2. The first-order valence-corrected chi connectivity index (χ1v) is 18.0. The third kappa shape index (κ3) is 8.19. The number of hydrogen-bond acceptors (Lipinski definition) is 8. The number of hydrogen-bond donors (Lipinski definition) is 3. The highest BCUT2D eigenvalue weighted by atomic mass is 35.5. The van der Waals surface area contributed by atoms with Gasteiger partial charge in [-0.3, -0.25) is 9.59 Å². The fourth-order valence-electron chi connectivity index (χ4n) is 6.47. The highest BCUT2D eigenvalue weighted by molar-refractivity contribution is 6.42. The summed E-state index contributed by atoms with van der Waals surface area (Å²) in [5, 5.41) is 18.8. The first-order valence-electron chi connectivity index (χ1n) is 17.2. The molecule has 272 valence electrons. The van der Waals surface area contributed by atoms with Crippen molar-refractivity contribution in [3.63, 3.8) is 0 Å². The Bertz CT molecular complexity index is 2260. The Balaban J connectivity index is 0.957. The molecule has 3 atom stereocenters. The highest BCUT2D eigenvalue weighted by Crippen LogP contribution is 2.40. The van der Waals surface area contributed by atoms with Crippen LogP contribution in [0.3, 0.4) is 0 Å². The van der Waals surface area contributed by atoms with Crippen molar-refractivity contribution in [3.05, 3.63) is 147 Å². The molecule has 3 unspecified atom stereocenters. The van der Waals surface area contributed by atoms with Crippen LogP contribution in [0.5, 0.6) is 11.5 Å². The second kappa shape index (κ2) is 16.0. The number of nitrogens with one attached hydrogen (secondary N) is 3. The average Bonchev–Trinajstić information content (AvgIpc) is 3.20. The predicted octanol–water partition coefficient (Wildman–Crippen LogP) is 7.21. The number of methoxy groups -OCH3 is 1. The maximum Gasteiger partial charge on any atom is 0.328 e. The van der Waals surface area contributed by atoms with Crippen LogP contribution in [0.4, 0.5) is 5.69 Å². The van der Waals surface area contributed by atoms with Gasteiger partial charge in [0.1, 0.15) is 12.6 Å². The second-order valence-electron chi connectivity index (χ2n) is 13.0. The van der Waals surface area contributed by atoms with Gasteiger partial charge >= 0.3 is 5.97 Å². The lowest BCUT2D eigenvalue weighted by atomic mass is 9.94. The minimum absolute atomic E-state index is 0.255. The summed E-state index contributed by atoms with van der Waals surface area (Å²) in [5.74, 6) is 0.0395. The van der Waals surface area contributed by atoms with Crippen LogP contribution in [0.1, 0.15) is 44.3 Å². The molecule has 0 saturated carbocycles. The van der Waals surface area contributed by atoms with Crippen molar-refractivity contribution in [1.82, 2.24) is 10.6 Å². The van der Waals surface area contributed by atoms with E-state index in [1.165, 1.54) is 13.2 Å². The van der Waals surface area contributed by atoms with E-state index in [1.807, 2.05) is 60.7 Å². The number of esters is 1. The summed E-state index contributed by atoms with van der Waals surface area (Å²) < 4.78 is 17.5. The van der Waals surface area contributed by atoms with Crippen molar-refractivity contribution in [2.45, 2.75) is 37.6 Å². The molecule has 0 spiro atoms. The summed E-state index contributed by atoms with van der Waals surface area (Å²) in [6, 6.07) is 31.6. The zero-order valence-corrected chi connectivity index (χ0v) is 30.5. The topological polar surface area (TPSA) is 139 Å². The molecule has 7 rings (SSSR count).